The van der Waals surface area contributed by atoms with Crippen molar-refractivity contribution in [1.29, 1.82) is 0 Å². The van der Waals surface area contributed by atoms with Crippen molar-refractivity contribution in [2.45, 2.75) is 0 Å². The minimum Gasteiger partial charge on any atom is -0.394 e. The van der Waals surface area contributed by atoms with E-state index >= 15 is 0 Å². The highest BCUT2D eigenvalue weighted by atomic mass is 16.6. The Morgan fingerprint density at radius 3 is 1.08 bits per heavy atom. The fourth-order valence-electron chi connectivity index (χ4n) is 1.23. The lowest BCUT2D eigenvalue weighted by Gasteiger charge is -2.07. The molecule has 8 heteroatoms. The third-order valence-corrected chi connectivity index (χ3v) is 2.24. The highest BCUT2D eigenvalue weighted by molar-refractivity contribution is 4.62. The van der Waals surface area contributed by atoms with E-state index in [0.29, 0.717) is 72.7 Å². The molecule has 0 radical (unpaired) electrons. The zero-order chi connectivity index (χ0) is 18.1. The van der Waals surface area contributed by atoms with Crippen LogP contribution in [0.2, 0.25) is 0 Å². The highest BCUT2D eigenvalue weighted by Crippen LogP contribution is 1.83. The summed E-state index contributed by atoms with van der Waals surface area (Å²) in [4.78, 5) is 0. The summed E-state index contributed by atoms with van der Waals surface area (Å²) in [6.07, 6.45) is 1.71. The van der Waals surface area contributed by atoms with Crippen LogP contribution in [-0.2, 0) is 28.4 Å². The van der Waals surface area contributed by atoms with Crippen LogP contribution in [0.5, 0.6) is 0 Å². The third kappa shape index (κ3) is 29.4. The molecule has 0 unspecified atom stereocenters. The quantitative estimate of drug-likeness (QED) is 0.260. The Labute approximate surface area is 145 Å². The van der Waals surface area contributed by atoms with Crippen molar-refractivity contribution < 1.29 is 38.6 Å². The second kappa shape index (κ2) is 27.3. The van der Waals surface area contributed by atoms with Gasteiger partial charge < -0.3 is 38.6 Å². The average Bonchev–Trinajstić information content (AvgIpc) is 2.60. The van der Waals surface area contributed by atoms with Crippen molar-refractivity contribution in [3.63, 3.8) is 0 Å². The van der Waals surface area contributed by atoms with Crippen LogP contribution in [0, 0.1) is 0 Å². The van der Waals surface area contributed by atoms with Crippen molar-refractivity contribution in [2.75, 3.05) is 93.0 Å². The van der Waals surface area contributed by atoms with E-state index in [-0.39, 0.29) is 13.2 Å². The summed E-state index contributed by atoms with van der Waals surface area (Å²) >= 11 is 0. The van der Waals surface area contributed by atoms with E-state index in [0.717, 1.165) is 0 Å². The van der Waals surface area contributed by atoms with Gasteiger partial charge in [-0.05, 0) is 0 Å². The Morgan fingerprint density at radius 2 is 0.917 bits per heavy atom. The largest absolute Gasteiger partial charge is 0.394 e. The molecule has 0 heterocycles. The first-order chi connectivity index (χ1) is 11.8. The fraction of sp³-hybridized carbons (Fsp3) is 0.875. The first kappa shape index (κ1) is 25.7. The van der Waals surface area contributed by atoms with Crippen LogP contribution in [0.3, 0.4) is 0 Å². The molecule has 0 aromatic heterocycles. The lowest BCUT2D eigenvalue weighted by Crippen LogP contribution is -2.14. The Kier molecular flexibility index (Phi) is 29.2. The second-order valence-electron chi connectivity index (χ2n) is 4.25. The summed E-state index contributed by atoms with van der Waals surface area (Å²) in [7, 11) is 1.64. The maximum atomic E-state index is 8.45. The minimum atomic E-state index is 0.0359. The topological polar surface area (TPSA) is 95.8 Å². The molecule has 0 aromatic carbocycles. The number of aliphatic hydroxyl groups is 2. The van der Waals surface area contributed by atoms with Crippen LogP contribution in [0.25, 0.3) is 0 Å². The molecule has 24 heavy (non-hydrogen) atoms. The Hall–Kier alpha value is -0.580. The Balaban J connectivity index is 0. The van der Waals surface area contributed by atoms with Gasteiger partial charge in [0, 0.05) is 7.11 Å². The van der Waals surface area contributed by atoms with Crippen molar-refractivity contribution in [1.82, 2.24) is 0 Å². The summed E-state index contributed by atoms with van der Waals surface area (Å²) in [5.74, 6) is 0. The molecule has 2 N–H and O–H groups in total. The fourth-order valence-corrected chi connectivity index (χ4v) is 1.23. The lowest BCUT2D eigenvalue weighted by molar-refractivity contribution is -0.0151. The normalized spacial score (nSPS) is 10.3. The predicted octanol–water partition coefficient (Wildman–Crippen LogP) is -0.127. The number of ether oxygens (including phenoxy) is 6. The van der Waals surface area contributed by atoms with Crippen LogP contribution in [-0.4, -0.2) is 103 Å². The van der Waals surface area contributed by atoms with E-state index < -0.39 is 0 Å². The third-order valence-electron chi connectivity index (χ3n) is 2.24. The molecule has 0 aromatic rings. The van der Waals surface area contributed by atoms with E-state index in [1.165, 1.54) is 0 Å². The molecule has 8 nitrogen and oxygen atoms in total. The molecule has 0 saturated carbocycles. The van der Waals surface area contributed by atoms with Crippen LogP contribution in [0.15, 0.2) is 12.7 Å². The van der Waals surface area contributed by atoms with Crippen LogP contribution in [0.1, 0.15) is 0 Å². The van der Waals surface area contributed by atoms with Crippen molar-refractivity contribution >= 4 is 0 Å². The summed E-state index contributed by atoms with van der Waals surface area (Å²) in [5, 5.41) is 16.9. The van der Waals surface area contributed by atoms with Gasteiger partial charge in [-0.2, -0.15) is 0 Å². The number of aliphatic hydroxyl groups excluding tert-OH is 2. The minimum absolute atomic E-state index is 0.0359. The van der Waals surface area contributed by atoms with Crippen molar-refractivity contribution in [2.24, 2.45) is 0 Å². The first-order valence-corrected chi connectivity index (χ1v) is 8.03. The van der Waals surface area contributed by atoms with Gasteiger partial charge in [-0.3, -0.25) is 0 Å². The predicted molar refractivity (Wildman–Crippen MR) is 90.3 cm³/mol. The first-order valence-electron chi connectivity index (χ1n) is 8.03. The molecule has 0 fully saturated rings. The van der Waals surface area contributed by atoms with Crippen LogP contribution < -0.4 is 0 Å². The van der Waals surface area contributed by atoms with Crippen molar-refractivity contribution in [3.05, 3.63) is 12.7 Å². The molecular weight excluding hydrogens is 320 g/mol. The summed E-state index contributed by atoms with van der Waals surface area (Å²) in [6.45, 7) is 8.88. The summed E-state index contributed by atoms with van der Waals surface area (Å²) in [5.41, 5.74) is 0. The van der Waals surface area contributed by atoms with E-state index in [1.54, 1.807) is 13.2 Å². The lowest BCUT2D eigenvalue weighted by atomic mass is 10.7. The van der Waals surface area contributed by atoms with Gasteiger partial charge in [0.1, 0.15) is 0 Å². The number of hydrogen-bond donors (Lipinski definition) is 2. The number of hydrogen-bond acceptors (Lipinski definition) is 8. The molecule has 0 saturated heterocycles. The molecule has 0 atom stereocenters. The Morgan fingerprint density at radius 1 is 0.625 bits per heavy atom. The molecule has 0 aliphatic rings. The van der Waals surface area contributed by atoms with Gasteiger partial charge in [0.05, 0.1) is 85.9 Å². The molecule has 0 spiro atoms. The Bertz CT molecular complexity index is 200. The monoisotopic (exact) mass is 354 g/mol. The van der Waals surface area contributed by atoms with Gasteiger partial charge in [-0.25, -0.2) is 0 Å². The number of rotatable bonds is 18. The van der Waals surface area contributed by atoms with Gasteiger partial charge in [0.2, 0.25) is 0 Å². The zero-order valence-electron chi connectivity index (χ0n) is 14.8. The van der Waals surface area contributed by atoms with E-state index in [2.05, 4.69) is 11.3 Å². The molecule has 0 aliphatic carbocycles. The maximum absolute atomic E-state index is 8.45. The van der Waals surface area contributed by atoms with Gasteiger partial charge in [-0.15, -0.1) is 6.58 Å². The maximum Gasteiger partial charge on any atom is 0.0701 e. The molecule has 0 amide bonds. The SMILES string of the molecule is C=CCOC.OCCOCCOCCOCCOCCOCCO. The van der Waals surface area contributed by atoms with E-state index in [1.807, 2.05) is 0 Å². The highest BCUT2D eigenvalue weighted by Gasteiger charge is 1.92. The van der Waals surface area contributed by atoms with Crippen LogP contribution in [0.4, 0.5) is 0 Å². The average molecular weight is 354 g/mol. The van der Waals surface area contributed by atoms with Crippen molar-refractivity contribution in [3.8, 4) is 0 Å². The zero-order valence-corrected chi connectivity index (χ0v) is 14.8. The molecule has 0 aliphatic heterocycles. The molecular formula is C16H34O8. The van der Waals surface area contributed by atoms with Gasteiger partial charge in [0.25, 0.3) is 0 Å². The second-order valence-corrected chi connectivity index (χ2v) is 4.25. The smallest absolute Gasteiger partial charge is 0.0701 e. The standard InChI is InChI=1S/C12H26O7.C4H8O/c13-1-3-15-5-7-17-9-11-19-12-10-18-8-6-16-4-2-14;1-3-4-5-2/h13-14H,1-12H2;3H,1,4H2,2H3. The van der Waals surface area contributed by atoms with Crippen LogP contribution >= 0.6 is 0 Å². The molecule has 146 valence electrons. The molecule has 0 rings (SSSR count). The van der Waals surface area contributed by atoms with E-state index in [4.69, 9.17) is 33.9 Å². The van der Waals surface area contributed by atoms with E-state index in [9.17, 15) is 0 Å². The summed E-state index contributed by atoms with van der Waals surface area (Å²) in [6, 6.07) is 0. The van der Waals surface area contributed by atoms with Gasteiger partial charge in [-0.1, -0.05) is 6.08 Å². The van der Waals surface area contributed by atoms with Gasteiger partial charge in [0.15, 0.2) is 0 Å². The number of methoxy groups -OCH3 is 1. The van der Waals surface area contributed by atoms with Gasteiger partial charge >= 0.3 is 0 Å². The molecule has 0 bridgehead atoms. The summed E-state index contributed by atoms with van der Waals surface area (Å²) < 4.78 is 30.4.